The third-order valence-corrected chi connectivity index (χ3v) is 2.35. The van der Waals surface area contributed by atoms with Gasteiger partial charge in [-0.25, -0.2) is 0 Å². The largest absolute Gasteiger partial charge is 0.387 e. The van der Waals surface area contributed by atoms with Crippen molar-refractivity contribution in [1.82, 2.24) is 0 Å². The van der Waals surface area contributed by atoms with E-state index in [0.717, 1.165) is 14.6 Å². The monoisotopic (exact) mass is 263 g/mol. The van der Waals surface area contributed by atoms with E-state index < -0.39 is 0 Å². The van der Waals surface area contributed by atoms with Crippen LogP contribution in [0.5, 0.6) is 0 Å². The summed E-state index contributed by atoms with van der Waals surface area (Å²) < 4.78 is 2.16. The minimum atomic E-state index is 1.07. The third kappa shape index (κ3) is 1.73. The summed E-state index contributed by atoms with van der Waals surface area (Å²) in [6, 6.07) is 6.01. The summed E-state index contributed by atoms with van der Waals surface area (Å²) in [6.07, 6.45) is 0. The lowest BCUT2D eigenvalue weighted by Crippen LogP contribution is -1.87. The van der Waals surface area contributed by atoms with Crippen LogP contribution in [0.15, 0.2) is 27.1 Å². The Morgan fingerprint density at radius 3 is 2.50 bits per heavy atom. The minimum absolute atomic E-state index is 1.07. The van der Waals surface area contributed by atoms with Gasteiger partial charge in [-0.05, 0) is 34.1 Å². The molecule has 0 heterocycles. The second-order valence-corrected chi connectivity index (χ2v) is 3.64. The van der Waals surface area contributed by atoms with Gasteiger partial charge < -0.3 is 5.32 Å². The first kappa shape index (κ1) is 8.08. The summed E-state index contributed by atoms with van der Waals surface area (Å²) in [6.45, 7) is 0. The predicted molar refractivity (Wildman–Crippen MR) is 51.4 cm³/mol. The molecule has 0 aliphatic heterocycles. The van der Waals surface area contributed by atoms with Gasteiger partial charge in [0.1, 0.15) is 0 Å². The highest BCUT2D eigenvalue weighted by atomic mass is 79.9. The number of anilines is 1. The van der Waals surface area contributed by atoms with Crippen LogP contribution in [0.3, 0.4) is 0 Å². The lowest BCUT2D eigenvalue weighted by Gasteiger charge is -2.01. The molecule has 1 rings (SSSR count). The van der Waals surface area contributed by atoms with Gasteiger partial charge in [0.2, 0.25) is 0 Å². The summed E-state index contributed by atoms with van der Waals surface area (Å²) in [5.41, 5.74) is 1.10. The molecule has 0 amide bonds. The normalized spacial score (nSPS) is 9.50. The van der Waals surface area contributed by atoms with Crippen LogP contribution in [0.25, 0.3) is 0 Å². The minimum Gasteiger partial charge on any atom is -0.387 e. The van der Waals surface area contributed by atoms with Crippen LogP contribution in [0.2, 0.25) is 0 Å². The van der Waals surface area contributed by atoms with Crippen LogP contribution in [0.1, 0.15) is 0 Å². The number of hydrogen-bond acceptors (Lipinski definition) is 1. The van der Waals surface area contributed by atoms with Crippen LogP contribution in [-0.2, 0) is 0 Å². The lowest BCUT2D eigenvalue weighted by atomic mass is 10.3. The Hall–Kier alpha value is -0.0200. The highest BCUT2D eigenvalue weighted by Gasteiger charge is 1.95. The number of nitrogens with one attached hydrogen (secondary N) is 1. The van der Waals surface area contributed by atoms with Gasteiger partial charge in [-0.1, -0.05) is 15.9 Å². The molecule has 1 aromatic rings. The van der Waals surface area contributed by atoms with Gasteiger partial charge in [-0.3, -0.25) is 0 Å². The van der Waals surface area contributed by atoms with Gasteiger partial charge in [0.25, 0.3) is 0 Å². The van der Waals surface area contributed by atoms with E-state index in [-0.39, 0.29) is 0 Å². The molecule has 0 atom stereocenters. The maximum absolute atomic E-state index is 3.41. The van der Waals surface area contributed by atoms with E-state index in [1.54, 1.807) is 0 Å². The van der Waals surface area contributed by atoms with E-state index in [2.05, 4.69) is 37.2 Å². The first-order chi connectivity index (χ1) is 4.74. The lowest BCUT2D eigenvalue weighted by molar-refractivity contribution is 1.47. The molecule has 0 fully saturated rings. The number of hydrogen-bond donors (Lipinski definition) is 1. The van der Waals surface area contributed by atoms with E-state index in [9.17, 15) is 0 Å². The fraction of sp³-hybridized carbons (Fsp3) is 0.143. The molecule has 0 unspecified atom stereocenters. The Balaban J connectivity index is 3.07. The zero-order valence-corrected chi connectivity index (χ0v) is 8.66. The molecule has 10 heavy (non-hydrogen) atoms. The molecule has 0 saturated carbocycles. The van der Waals surface area contributed by atoms with E-state index in [1.165, 1.54) is 0 Å². The molecule has 0 spiro atoms. The summed E-state index contributed by atoms with van der Waals surface area (Å²) in [7, 11) is 1.90. The van der Waals surface area contributed by atoms with Crippen LogP contribution < -0.4 is 5.32 Å². The molecule has 54 valence electrons. The topological polar surface area (TPSA) is 12.0 Å². The molecule has 1 N–H and O–H groups in total. The fourth-order valence-corrected chi connectivity index (χ4v) is 1.94. The van der Waals surface area contributed by atoms with E-state index in [1.807, 2.05) is 25.2 Å². The van der Waals surface area contributed by atoms with Gasteiger partial charge in [0, 0.05) is 21.7 Å². The Labute approximate surface area is 77.1 Å². The Morgan fingerprint density at radius 1 is 1.30 bits per heavy atom. The summed E-state index contributed by atoms with van der Waals surface area (Å²) in [4.78, 5) is 0. The van der Waals surface area contributed by atoms with Crippen molar-refractivity contribution in [2.45, 2.75) is 0 Å². The van der Waals surface area contributed by atoms with Gasteiger partial charge in [-0.15, -0.1) is 0 Å². The second kappa shape index (κ2) is 3.39. The number of halogens is 2. The van der Waals surface area contributed by atoms with E-state index >= 15 is 0 Å². The molecule has 0 bridgehead atoms. The van der Waals surface area contributed by atoms with Gasteiger partial charge in [0.05, 0.1) is 0 Å². The molecule has 0 radical (unpaired) electrons. The van der Waals surface area contributed by atoms with Crippen LogP contribution in [-0.4, -0.2) is 7.05 Å². The number of rotatable bonds is 1. The van der Waals surface area contributed by atoms with Crippen molar-refractivity contribution in [3.8, 4) is 0 Å². The first-order valence-corrected chi connectivity index (χ1v) is 4.45. The third-order valence-electron chi connectivity index (χ3n) is 1.20. The average Bonchev–Trinajstić information content (AvgIpc) is 1.88. The first-order valence-electron chi connectivity index (χ1n) is 2.87. The predicted octanol–water partition coefficient (Wildman–Crippen LogP) is 3.25. The molecular weight excluding hydrogens is 258 g/mol. The van der Waals surface area contributed by atoms with Gasteiger partial charge >= 0.3 is 0 Å². The molecule has 0 aromatic heterocycles. The average molecular weight is 265 g/mol. The van der Waals surface area contributed by atoms with Crippen molar-refractivity contribution in [2.75, 3.05) is 12.4 Å². The van der Waals surface area contributed by atoms with Crippen molar-refractivity contribution in [2.24, 2.45) is 0 Å². The summed E-state index contributed by atoms with van der Waals surface area (Å²) in [5.74, 6) is 0. The van der Waals surface area contributed by atoms with Crippen molar-refractivity contribution in [3.63, 3.8) is 0 Å². The number of benzene rings is 1. The van der Waals surface area contributed by atoms with Gasteiger partial charge in [-0.2, -0.15) is 0 Å². The SMILES string of the molecule is CNc1ccc(Br)cc1Br. The zero-order chi connectivity index (χ0) is 7.56. The summed E-state index contributed by atoms with van der Waals surface area (Å²) in [5, 5.41) is 3.05. The smallest absolute Gasteiger partial charge is 0.0482 e. The molecule has 0 saturated heterocycles. The Morgan fingerprint density at radius 2 is 2.00 bits per heavy atom. The van der Waals surface area contributed by atoms with E-state index in [0.29, 0.717) is 0 Å². The molecular formula is C7H7Br2N. The molecule has 1 aromatic carbocycles. The highest BCUT2D eigenvalue weighted by molar-refractivity contribution is 9.11. The van der Waals surface area contributed by atoms with Crippen molar-refractivity contribution >= 4 is 37.5 Å². The zero-order valence-electron chi connectivity index (χ0n) is 5.49. The summed E-state index contributed by atoms with van der Waals surface area (Å²) >= 11 is 6.78. The molecule has 0 aliphatic rings. The molecule has 1 nitrogen and oxygen atoms in total. The van der Waals surface area contributed by atoms with Crippen molar-refractivity contribution in [3.05, 3.63) is 27.1 Å². The second-order valence-electron chi connectivity index (χ2n) is 1.87. The van der Waals surface area contributed by atoms with E-state index in [4.69, 9.17) is 0 Å². The highest BCUT2D eigenvalue weighted by Crippen LogP contribution is 2.25. The fourth-order valence-electron chi connectivity index (χ4n) is 0.692. The maximum atomic E-state index is 3.41. The van der Waals surface area contributed by atoms with Crippen molar-refractivity contribution in [1.29, 1.82) is 0 Å². The van der Waals surface area contributed by atoms with Crippen LogP contribution >= 0.6 is 31.9 Å². The molecule has 3 heteroatoms. The standard InChI is InChI=1S/C7H7Br2N/c1-10-7-3-2-5(8)4-6(7)9/h2-4,10H,1H3. The Bertz CT molecular complexity index is 235. The van der Waals surface area contributed by atoms with Gasteiger partial charge in [0.15, 0.2) is 0 Å². The molecule has 0 aliphatic carbocycles. The quantitative estimate of drug-likeness (QED) is 0.821. The van der Waals surface area contributed by atoms with Crippen molar-refractivity contribution < 1.29 is 0 Å². The Kier molecular flexibility index (Phi) is 2.74. The maximum Gasteiger partial charge on any atom is 0.0482 e. The van der Waals surface area contributed by atoms with Crippen LogP contribution in [0.4, 0.5) is 5.69 Å². The van der Waals surface area contributed by atoms with Crippen LogP contribution in [0, 0.1) is 0 Å².